The molecule has 2 rings (SSSR count). The minimum atomic E-state index is -0.712. The zero-order valence-corrected chi connectivity index (χ0v) is 14.7. The van der Waals surface area contributed by atoms with E-state index >= 15 is 0 Å². The van der Waals surface area contributed by atoms with E-state index in [-0.39, 0.29) is 18.8 Å². The molecular formula is C15H28O9. The van der Waals surface area contributed by atoms with Gasteiger partial charge in [0, 0.05) is 35.5 Å². The molecule has 2 aliphatic rings. The van der Waals surface area contributed by atoms with Crippen molar-refractivity contribution in [2.45, 2.75) is 49.2 Å². The number of aliphatic hydroxyl groups is 1. The maximum Gasteiger partial charge on any atom is 0.187 e. The number of methoxy groups -OCH3 is 5. The zero-order chi connectivity index (χ0) is 17.7. The van der Waals surface area contributed by atoms with Crippen LogP contribution >= 0.6 is 0 Å². The van der Waals surface area contributed by atoms with Gasteiger partial charge in [-0.25, -0.2) is 0 Å². The van der Waals surface area contributed by atoms with Crippen molar-refractivity contribution in [2.24, 2.45) is 0 Å². The molecule has 0 aromatic rings. The molecule has 0 unspecified atom stereocenters. The highest BCUT2D eigenvalue weighted by Gasteiger charge is 2.52. The van der Waals surface area contributed by atoms with Crippen molar-refractivity contribution in [1.82, 2.24) is 0 Å². The summed E-state index contributed by atoms with van der Waals surface area (Å²) in [5, 5.41) is 9.56. The van der Waals surface area contributed by atoms with E-state index in [4.69, 9.17) is 37.9 Å². The van der Waals surface area contributed by atoms with Crippen molar-refractivity contribution in [3.05, 3.63) is 0 Å². The van der Waals surface area contributed by atoms with Gasteiger partial charge in [0.25, 0.3) is 0 Å². The fourth-order valence-electron chi connectivity index (χ4n) is 3.23. The van der Waals surface area contributed by atoms with Gasteiger partial charge in [0.05, 0.1) is 13.2 Å². The Kier molecular flexibility index (Phi) is 7.79. The van der Waals surface area contributed by atoms with E-state index in [0.29, 0.717) is 6.61 Å². The van der Waals surface area contributed by atoms with Crippen molar-refractivity contribution >= 4 is 0 Å². The molecule has 0 amide bonds. The van der Waals surface area contributed by atoms with E-state index in [1.165, 1.54) is 14.2 Å². The number of rotatable bonds is 9. The topological polar surface area (TPSA) is 94.1 Å². The lowest BCUT2D eigenvalue weighted by molar-refractivity contribution is -0.221. The SMILES string of the molecule is COC[C@@H]1O[C@@H](O[C@@H]2[C@H](OC)[C@@H](OC)O[C@@H]2CO)[C@H](OC)[C@H]1OC. The summed E-state index contributed by atoms with van der Waals surface area (Å²) in [6, 6.07) is 0. The average molecular weight is 352 g/mol. The molecule has 2 fully saturated rings. The van der Waals surface area contributed by atoms with E-state index in [0.717, 1.165) is 0 Å². The van der Waals surface area contributed by atoms with E-state index in [9.17, 15) is 5.11 Å². The van der Waals surface area contributed by atoms with Crippen molar-refractivity contribution in [2.75, 3.05) is 48.8 Å². The largest absolute Gasteiger partial charge is 0.394 e. The first-order valence-electron chi connectivity index (χ1n) is 7.82. The predicted octanol–water partition coefficient (Wildman–Crippen LogP) is -0.848. The highest BCUT2D eigenvalue weighted by Crippen LogP contribution is 2.33. The Labute approximate surface area is 142 Å². The van der Waals surface area contributed by atoms with Crippen molar-refractivity contribution < 1.29 is 43.0 Å². The quantitative estimate of drug-likeness (QED) is 0.569. The Bertz CT molecular complexity index is 369. The molecule has 2 heterocycles. The monoisotopic (exact) mass is 352 g/mol. The molecule has 9 nitrogen and oxygen atoms in total. The van der Waals surface area contributed by atoms with Crippen molar-refractivity contribution in [3.8, 4) is 0 Å². The van der Waals surface area contributed by atoms with Crippen LogP contribution in [-0.2, 0) is 37.9 Å². The Morgan fingerprint density at radius 1 is 0.708 bits per heavy atom. The van der Waals surface area contributed by atoms with Crippen LogP contribution in [0.3, 0.4) is 0 Å². The smallest absolute Gasteiger partial charge is 0.187 e. The van der Waals surface area contributed by atoms with Crippen LogP contribution in [0.25, 0.3) is 0 Å². The highest BCUT2D eigenvalue weighted by molar-refractivity contribution is 4.94. The third-order valence-electron chi connectivity index (χ3n) is 4.39. The third kappa shape index (κ3) is 3.90. The van der Waals surface area contributed by atoms with Gasteiger partial charge in [0.15, 0.2) is 12.6 Å². The normalized spacial score (nSPS) is 42.8. The van der Waals surface area contributed by atoms with E-state index in [1.807, 2.05) is 0 Å². The fourth-order valence-corrected chi connectivity index (χ4v) is 3.23. The first-order chi connectivity index (χ1) is 11.6. The van der Waals surface area contributed by atoms with Gasteiger partial charge in [0.2, 0.25) is 0 Å². The molecule has 9 heteroatoms. The van der Waals surface area contributed by atoms with Crippen molar-refractivity contribution in [1.29, 1.82) is 0 Å². The van der Waals surface area contributed by atoms with Crippen LogP contribution in [0.15, 0.2) is 0 Å². The molecule has 0 aromatic carbocycles. The van der Waals surface area contributed by atoms with E-state index in [2.05, 4.69) is 0 Å². The molecule has 0 aliphatic carbocycles. The zero-order valence-electron chi connectivity index (χ0n) is 14.7. The summed E-state index contributed by atoms with van der Waals surface area (Å²) in [5.74, 6) is 0. The molecule has 8 atom stereocenters. The van der Waals surface area contributed by atoms with Crippen LogP contribution < -0.4 is 0 Å². The van der Waals surface area contributed by atoms with Crippen LogP contribution in [0, 0.1) is 0 Å². The summed E-state index contributed by atoms with van der Waals surface area (Å²) in [6.07, 6.45) is -4.14. The third-order valence-corrected chi connectivity index (χ3v) is 4.39. The van der Waals surface area contributed by atoms with Crippen molar-refractivity contribution in [3.63, 3.8) is 0 Å². The molecule has 0 bridgehead atoms. The Morgan fingerprint density at radius 2 is 1.29 bits per heavy atom. The molecule has 142 valence electrons. The number of hydrogen-bond donors (Lipinski definition) is 1. The molecule has 0 saturated carbocycles. The lowest BCUT2D eigenvalue weighted by atomic mass is 10.1. The lowest BCUT2D eigenvalue weighted by Gasteiger charge is -2.28. The highest BCUT2D eigenvalue weighted by atomic mass is 16.8. The van der Waals surface area contributed by atoms with Gasteiger partial charge in [-0.1, -0.05) is 0 Å². The Balaban J connectivity index is 2.12. The Morgan fingerprint density at radius 3 is 1.79 bits per heavy atom. The number of ether oxygens (including phenoxy) is 8. The minimum absolute atomic E-state index is 0.232. The molecule has 0 aromatic heterocycles. The van der Waals surface area contributed by atoms with Gasteiger partial charge in [-0.3, -0.25) is 0 Å². The maximum absolute atomic E-state index is 9.56. The summed E-state index contributed by atoms with van der Waals surface area (Å²) >= 11 is 0. The van der Waals surface area contributed by atoms with Crippen LogP contribution in [0.4, 0.5) is 0 Å². The van der Waals surface area contributed by atoms with Crippen LogP contribution in [-0.4, -0.2) is 103 Å². The van der Waals surface area contributed by atoms with Crippen LogP contribution in [0.2, 0.25) is 0 Å². The van der Waals surface area contributed by atoms with E-state index < -0.39 is 37.0 Å². The van der Waals surface area contributed by atoms with Gasteiger partial charge in [-0.05, 0) is 0 Å². The minimum Gasteiger partial charge on any atom is -0.394 e. The number of hydrogen-bond acceptors (Lipinski definition) is 9. The predicted molar refractivity (Wildman–Crippen MR) is 80.6 cm³/mol. The Hall–Kier alpha value is -0.360. The van der Waals surface area contributed by atoms with Gasteiger partial charge < -0.3 is 43.0 Å². The second-order valence-corrected chi connectivity index (χ2v) is 5.66. The number of aliphatic hydroxyl groups excluding tert-OH is 1. The standard InChI is InChI=1S/C15H28O9/c1-17-7-9-10(18-2)12(19-3)15(23-9)24-11-8(6-16)22-14(21-5)13(11)20-4/h8-16H,6-7H2,1-5H3/t8-,9+,10+,11+,12-,13+,14+,15+/m1/s1. The summed E-state index contributed by atoms with van der Waals surface area (Å²) in [5.41, 5.74) is 0. The molecule has 2 saturated heterocycles. The molecule has 0 spiro atoms. The molecule has 24 heavy (non-hydrogen) atoms. The van der Waals surface area contributed by atoms with Gasteiger partial charge in [-0.2, -0.15) is 0 Å². The van der Waals surface area contributed by atoms with E-state index in [1.54, 1.807) is 21.3 Å². The first kappa shape index (κ1) is 20.0. The fraction of sp³-hybridized carbons (Fsp3) is 1.00. The van der Waals surface area contributed by atoms with Crippen LogP contribution in [0.5, 0.6) is 0 Å². The lowest BCUT2D eigenvalue weighted by Crippen LogP contribution is -2.45. The second-order valence-electron chi connectivity index (χ2n) is 5.66. The molecule has 1 N–H and O–H groups in total. The summed E-state index contributed by atoms with van der Waals surface area (Å²) in [6.45, 7) is 0.112. The summed E-state index contributed by atoms with van der Waals surface area (Å²) in [4.78, 5) is 0. The van der Waals surface area contributed by atoms with Gasteiger partial charge >= 0.3 is 0 Å². The maximum atomic E-state index is 9.56. The summed E-state index contributed by atoms with van der Waals surface area (Å²) in [7, 11) is 7.77. The molecular weight excluding hydrogens is 324 g/mol. The summed E-state index contributed by atoms with van der Waals surface area (Å²) < 4.78 is 44.4. The first-order valence-corrected chi connectivity index (χ1v) is 7.82. The molecule has 0 radical (unpaired) electrons. The van der Waals surface area contributed by atoms with Gasteiger partial charge in [-0.15, -0.1) is 0 Å². The average Bonchev–Trinajstić information content (AvgIpc) is 3.11. The second kappa shape index (κ2) is 9.37. The van der Waals surface area contributed by atoms with Crippen LogP contribution in [0.1, 0.15) is 0 Å². The molecule has 2 aliphatic heterocycles. The van der Waals surface area contributed by atoms with Gasteiger partial charge in [0.1, 0.15) is 36.6 Å².